The van der Waals surface area contributed by atoms with E-state index in [1.165, 1.54) is 12.1 Å². The van der Waals surface area contributed by atoms with E-state index in [2.05, 4.69) is 26.3 Å². The van der Waals surface area contributed by atoms with Crippen LogP contribution in [-0.2, 0) is 7.05 Å². The van der Waals surface area contributed by atoms with Crippen molar-refractivity contribution in [1.29, 1.82) is 0 Å². The Morgan fingerprint density at radius 3 is 2.61 bits per heavy atom. The fraction of sp³-hybridized carbons (Fsp3) is 0.250. The second-order valence-corrected chi connectivity index (χ2v) is 4.71. The molecule has 1 N–H and O–H groups in total. The summed E-state index contributed by atoms with van der Waals surface area (Å²) in [6, 6.07) is 3.73. The topological polar surface area (TPSA) is 29.9 Å². The van der Waals surface area contributed by atoms with Gasteiger partial charge in [0.15, 0.2) is 0 Å². The minimum Gasteiger partial charge on any atom is -0.308 e. The van der Waals surface area contributed by atoms with Gasteiger partial charge in [-0.2, -0.15) is 5.10 Å². The SMILES string of the molecule is CNC(c1c(F)ccc(Br)c1F)c1ccnn1C. The van der Waals surface area contributed by atoms with Crippen molar-refractivity contribution < 1.29 is 8.78 Å². The fourth-order valence-electron chi connectivity index (χ4n) is 1.91. The molecule has 0 bridgehead atoms. The largest absolute Gasteiger partial charge is 0.308 e. The number of nitrogens with zero attached hydrogens (tertiary/aromatic N) is 2. The maximum atomic E-state index is 14.1. The quantitative estimate of drug-likeness (QED) is 0.883. The van der Waals surface area contributed by atoms with Crippen molar-refractivity contribution in [2.45, 2.75) is 6.04 Å². The molecule has 2 rings (SSSR count). The van der Waals surface area contributed by atoms with E-state index in [1.54, 1.807) is 31.0 Å². The third-order valence-electron chi connectivity index (χ3n) is 2.81. The summed E-state index contributed by atoms with van der Waals surface area (Å²) in [5.74, 6) is -1.19. The van der Waals surface area contributed by atoms with E-state index >= 15 is 0 Å². The molecule has 1 aromatic heterocycles. The lowest BCUT2D eigenvalue weighted by molar-refractivity contribution is 0.503. The molecular formula is C12H12BrF2N3. The Balaban J connectivity index is 2.59. The number of nitrogens with one attached hydrogen (secondary N) is 1. The number of aromatic nitrogens is 2. The molecule has 96 valence electrons. The van der Waals surface area contributed by atoms with E-state index in [4.69, 9.17) is 0 Å². The van der Waals surface area contributed by atoms with Crippen LogP contribution in [0.5, 0.6) is 0 Å². The number of rotatable bonds is 3. The van der Waals surface area contributed by atoms with Gasteiger partial charge in [0, 0.05) is 18.8 Å². The standard InChI is InChI=1S/C12H12BrF2N3/c1-16-12(9-5-6-17-18(9)2)10-8(14)4-3-7(13)11(10)15/h3-6,12,16H,1-2H3. The van der Waals surface area contributed by atoms with Crippen LogP contribution in [-0.4, -0.2) is 16.8 Å². The molecule has 0 amide bonds. The first-order valence-electron chi connectivity index (χ1n) is 5.34. The molecule has 18 heavy (non-hydrogen) atoms. The average Bonchev–Trinajstić information content (AvgIpc) is 2.76. The fourth-order valence-corrected chi connectivity index (χ4v) is 2.26. The van der Waals surface area contributed by atoms with Crippen molar-refractivity contribution in [3.63, 3.8) is 0 Å². The van der Waals surface area contributed by atoms with Crippen LogP contribution in [0, 0.1) is 11.6 Å². The smallest absolute Gasteiger partial charge is 0.145 e. The molecule has 0 aliphatic rings. The van der Waals surface area contributed by atoms with Crippen LogP contribution in [0.15, 0.2) is 28.9 Å². The Hall–Kier alpha value is -1.27. The van der Waals surface area contributed by atoms with Gasteiger partial charge in [-0.15, -0.1) is 0 Å². The van der Waals surface area contributed by atoms with Gasteiger partial charge < -0.3 is 5.32 Å². The van der Waals surface area contributed by atoms with Gasteiger partial charge in [-0.05, 0) is 41.2 Å². The van der Waals surface area contributed by atoms with Crippen LogP contribution in [0.1, 0.15) is 17.3 Å². The van der Waals surface area contributed by atoms with Crippen molar-refractivity contribution >= 4 is 15.9 Å². The Morgan fingerprint density at radius 1 is 1.33 bits per heavy atom. The first-order valence-corrected chi connectivity index (χ1v) is 6.14. The summed E-state index contributed by atoms with van der Waals surface area (Å²) in [5, 5.41) is 6.92. The zero-order valence-electron chi connectivity index (χ0n) is 9.92. The van der Waals surface area contributed by atoms with Crippen LogP contribution in [0.3, 0.4) is 0 Å². The van der Waals surface area contributed by atoms with Gasteiger partial charge in [-0.3, -0.25) is 4.68 Å². The lowest BCUT2D eigenvalue weighted by atomic mass is 10.0. The summed E-state index contributed by atoms with van der Waals surface area (Å²) in [5.41, 5.74) is 0.670. The minimum absolute atomic E-state index is 0.0181. The molecule has 6 heteroatoms. The lowest BCUT2D eigenvalue weighted by Gasteiger charge is -2.19. The van der Waals surface area contributed by atoms with Crippen molar-refractivity contribution in [3.8, 4) is 0 Å². The zero-order chi connectivity index (χ0) is 13.3. The summed E-state index contributed by atoms with van der Waals surface area (Å²) in [6.07, 6.45) is 1.59. The highest BCUT2D eigenvalue weighted by Gasteiger charge is 2.24. The molecule has 0 aliphatic carbocycles. The van der Waals surface area contributed by atoms with Gasteiger partial charge in [0.1, 0.15) is 11.6 Å². The molecular weight excluding hydrogens is 304 g/mol. The molecule has 1 heterocycles. The highest BCUT2D eigenvalue weighted by Crippen LogP contribution is 2.30. The Labute approximate surface area is 112 Å². The summed E-state index contributed by atoms with van der Waals surface area (Å²) >= 11 is 3.07. The highest BCUT2D eigenvalue weighted by molar-refractivity contribution is 9.10. The van der Waals surface area contributed by atoms with Crippen molar-refractivity contribution in [2.75, 3.05) is 7.05 Å². The van der Waals surface area contributed by atoms with Gasteiger partial charge >= 0.3 is 0 Å². The van der Waals surface area contributed by atoms with Crippen LogP contribution in [0.4, 0.5) is 8.78 Å². The number of hydrogen-bond donors (Lipinski definition) is 1. The number of aryl methyl sites for hydroxylation is 1. The van der Waals surface area contributed by atoms with E-state index in [1.807, 2.05) is 0 Å². The maximum Gasteiger partial charge on any atom is 0.145 e. The van der Waals surface area contributed by atoms with Gasteiger partial charge in [-0.25, -0.2) is 8.78 Å². The van der Waals surface area contributed by atoms with E-state index < -0.39 is 17.7 Å². The minimum atomic E-state index is -0.601. The van der Waals surface area contributed by atoms with Crippen molar-refractivity contribution in [1.82, 2.24) is 15.1 Å². The van der Waals surface area contributed by atoms with Gasteiger partial charge in [0.05, 0.1) is 16.2 Å². The molecule has 0 saturated carbocycles. The van der Waals surface area contributed by atoms with Gasteiger partial charge in [0.25, 0.3) is 0 Å². The van der Waals surface area contributed by atoms with Crippen LogP contribution >= 0.6 is 15.9 Å². The van der Waals surface area contributed by atoms with Crippen molar-refractivity contribution in [2.24, 2.45) is 7.05 Å². The normalized spacial score (nSPS) is 12.7. The maximum absolute atomic E-state index is 14.1. The van der Waals surface area contributed by atoms with Crippen LogP contribution < -0.4 is 5.32 Å². The first-order chi connectivity index (χ1) is 8.56. The second-order valence-electron chi connectivity index (χ2n) is 3.86. The monoisotopic (exact) mass is 315 g/mol. The summed E-state index contributed by atoms with van der Waals surface area (Å²) in [6.45, 7) is 0. The van der Waals surface area contributed by atoms with Crippen LogP contribution in [0.25, 0.3) is 0 Å². The number of hydrogen-bond acceptors (Lipinski definition) is 2. The first kappa shape index (κ1) is 13.2. The molecule has 1 unspecified atom stereocenters. The lowest BCUT2D eigenvalue weighted by Crippen LogP contribution is -2.23. The molecule has 0 aliphatic heterocycles. The van der Waals surface area contributed by atoms with Crippen LogP contribution in [0.2, 0.25) is 0 Å². The van der Waals surface area contributed by atoms with E-state index in [-0.39, 0.29) is 10.0 Å². The van der Waals surface area contributed by atoms with Gasteiger partial charge in [-0.1, -0.05) is 0 Å². The highest BCUT2D eigenvalue weighted by atomic mass is 79.9. The predicted molar refractivity (Wildman–Crippen MR) is 68.2 cm³/mol. The van der Waals surface area contributed by atoms with E-state index in [0.717, 1.165) is 0 Å². The molecule has 3 nitrogen and oxygen atoms in total. The van der Waals surface area contributed by atoms with Gasteiger partial charge in [0.2, 0.25) is 0 Å². The molecule has 1 atom stereocenters. The average molecular weight is 316 g/mol. The van der Waals surface area contributed by atoms with Crippen molar-refractivity contribution in [3.05, 3.63) is 51.8 Å². The summed E-state index contributed by atoms with van der Waals surface area (Å²) < 4.78 is 29.7. The number of benzene rings is 1. The third kappa shape index (κ3) is 2.18. The Kier molecular flexibility index (Phi) is 3.77. The molecule has 0 spiro atoms. The van der Waals surface area contributed by atoms with E-state index in [9.17, 15) is 8.78 Å². The summed E-state index contributed by atoms with van der Waals surface area (Å²) in [7, 11) is 3.38. The second kappa shape index (κ2) is 5.16. The van der Waals surface area contributed by atoms with E-state index in [0.29, 0.717) is 5.69 Å². The molecule has 2 aromatic rings. The molecule has 0 saturated heterocycles. The number of halogens is 3. The Morgan fingerprint density at radius 2 is 2.06 bits per heavy atom. The third-order valence-corrected chi connectivity index (χ3v) is 3.42. The summed E-state index contributed by atoms with van der Waals surface area (Å²) in [4.78, 5) is 0. The Bertz CT molecular complexity index is 568. The predicted octanol–water partition coefficient (Wildman–Crippen LogP) is 2.77. The zero-order valence-corrected chi connectivity index (χ0v) is 11.5. The molecule has 0 radical (unpaired) electrons. The molecule has 0 fully saturated rings. The molecule has 1 aromatic carbocycles.